The molecule has 34 heavy (non-hydrogen) atoms. The van der Waals surface area contributed by atoms with Crippen molar-refractivity contribution in [3.05, 3.63) is 109 Å². The Morgan fingerprint density at radius 2 is 0.735 bits per heavy atom. The third-order valence-electron chi connectivity index (χ3n) is 4.74. The van der Waals surface area contributed by atoms with Gasteiger partial charge in [-0.1, -0.05) is 56.1 Å². The fraction of sp³-hybridized carbons (Fsp3) is 0.200. The molecule has 0 amide bonds. The molecule has 0 N–H and O–H groups in total. The minimum Gasteiger partial charge on any atom is -0.489 e. The van der Waals surface area contributed by atoms with Crippen molar-refractivity contribution in [1.82, 2.24) is 0 Å². The lowest BCUT2D eigenvalue weighted by Gasteiger charge is -2.20. The van der Waals surface area contributed by atoms with Crippen LogP contribution in [-0.4, -0.2) is 19.8 Å². The van der Waals surface area contributed by atoms with E-state index >= 15 is 0 Å². The molecule has 0 saturated heterocycles. The van der Waals surface area contributed by atoms with Crippen molar-refractivity contribution in [3.8, 4) is 17.2 Å². The fourth-order valence-electron chi connectivity index (χ4n) is 3.14. The Morgan fingerprint density at radius 3 is 0.941 bits per heavy atom. The zero-order valence-electron chi connectivity index (χ0n) is 20.3. The van der Waals surface area contributed by atoms with E-state index in [9.17, 15) is 0 Å². The molecule has 3 aromatic rings. The van der Waals surface area contributed by atoms with Crippen LogP contribution in [0, 0.1) is 0 Å². The predicted octanol–water partition coefficient (Wildman–Crippen LogP) is 6.31. The van der Waals surface area contributed by atoms with E-state index in [4.69, 9.17) is 14.2 Å². The van der Waals surface area contributed by atoms with Crippen molar-refractivity contribution < 1.29 is 14.2 Å². The molecule has 0 aliphatic carbocycles. The van der Waals surface area contributed by atoms with Crippen molar-refractivity contribution in [3.63, 3.8) is 0 Å². The maximum absolute atomic E-state index is 5.80. The minimum atomic E-state index is -0.768. The molecular formula is C30H33O3P. The van der Waals surface area contributed by atoms with Crippen LogP contribution in [0.1, 0.15) is 20.8 Å². The summed E-state index contributed by atoms with van der Waals surface area (Å²) in [5.74, 6) is 2.52. The van der Waals surface area contributed by atoms with E-state index in [0.29, 0.717) is 19.8 Å². The third-order valence-corrected chi connectivity index (χ3v) is 7.18. The molecule has 0 atom stereocenters. The standard InChI is InChI=1S/C30H33O3P/c1-22(2)19-31-25-7-13-28(14-8-25)34(29-15-9-26(10-16-29)32-20-23(3)4)30-17-11-27(12-18-30)33-21-24(5)6/h7-18H,1,3,5,19-21H2,2,4,6H3. The highest BCUT2D eigenvalue weighted by Crippen LogP contribution is 2.34. The molecule has 0 aliphatic heterocycles. The second kappa shape index (κ2) is 12.3. The topological polar surface area (TPSA) is 27.7 Å². The number of rotatable bonds is 12. The zero-order valence-corrected chi connectivity index (χ0v) is 21.2. The lowest BCUT2D eigenvalue weighted by molar-refractivity contribution is 0.353. The molecule has 0 heterocycles. The van der Waals surface area contributed by atoms with Crippen LogP contribution in [0.2, 0.25) is 0 Å². The van der Waals surface area contributed by atoms with E-state index < -0.39 is 7.92 Å². The number of ether oxygens (including phenoxy) is 3. The van der Waals surface area contributed by atoms with E-state index in [2.05, 4.69) is 56.1 Å². The molecule has 0 fully saturated rings. The van der Waals surface area contributed by atoms with Gasteiger partial charge in [0.05, 0.1) is 0 Å². The first-order valence-electron chi connectivity index (χ1n) is 11.2. The predicted molar refractivity (Wildman–Crippen MR) is 146 cm³/mol. The van der Waals surface area contributed by atoms with Gasteiger partial charge in [0.1, 0.15) is 37.1 Å². The van der Waals surface area contributed by atoms with E-state index in [1.54, 1.807) is 0 Å². The Balaban J connectivity index is 1.89. The molecule has 3 aromatic carbocycles. The summed E-state index contributed by atoms with van der Waals surface area (Å²) in [4.78, 5) is 0. The van der Waals surface area contributed by atoms with E-state index in [0.717, 1.165) is 34.0 Å². The van der Waals surface area contributed by atoms with Gasteiger partial charge in [-0.15, -0.1) is 0 Å². The summed E-state index contributed by atoms with van der Waals surface area (Å²) >= 11 is 0. The Morgan fingerprint density at radius 1 is 0.500 bits per heavy atom. The summed E-state index contributed by atoms with van der Waals surface area (Å²) in [6.07, 6.45) is 0. The molecular weight excluding hydrogens is 439 g/mol. The second-order valence-electron chi connectivity index (χ2n) is 8.55. The second-order valence-corrected chi connectivity index (χ2v) is 10.8. The van der Waals surface area contributed by atoms with Crippen molar-refractivity contribution in [1.29, 1.82) is 0 Å². The van der Waals surface area contributed by atoms with Gasteiger partial charge in [0.25, 0.3) is 0 Å². The van der Waals surface area contributed by atoms with E-state index in [1.165, 1.54) is 15.9 Å². The quantitative estimate of drug-likeness (QED) is 0.228. The van der Waals surface area contributed by atoms with Crippen molar-refractivity contribution in [2.75, 3.05) is 19.8 Å². The average molecular weight is 473 g/mol. The smallest absolute Gasteiger partial charge is 0.119 e. The van der Waals surface area contributed by atoms with Crippen molar-refractivity contribution in [2.24, 2.45) is 0 Å². The number of benzene rings is 3. The largest absolute Gasteiger partial charge is 0.489 e. The zero-order chi connectivity index (χ0) is 24.5. The maximum Gasteiger partial charge on any atom is 0.119 e. The molecule has 4 heteroatoms. The first-order valence-corrected chi connectivity index (χ1v) is 12.6. The van der Waals surface area contributed by atoms with Crippen LogP contribution in [-0.2, 0) is 0 Å². The lowest BCUT2D eigenvalue weighted by Crippen LogP contribution is -2.20. The van der Waals surface area contributed by atoms with Gasteiger partial charge in [-0.05, 0) is 97.7 Å². The highest BCUT2D eigenvalue weighted by Gasteiger charge is 2.17. The van der Waals surface area contributed by atoms with Crippen LogP contribution < -0.4 is 30.1 Å². The summed E-state index contributed by atoms with van der Waals surface area (Å²) in [6.45, 7) is 19.1. The van der Waals surface area contributed by atoms with Crippen LogP contribution in [0.3, 0.4) is 0 Å². The lowest BCUT2D eigenvalue weighted by atomic mass is 10.3. The normalized spacial score (nSPS) is 10.6. The fourth-order valence-corrected chi connectivity index (χ4v) is 5.38. The Hall–Kier alpha value is -3.29. The number of hydrogen-bond donors (Lipinski definition) is 0. The monoisotopic (exact) mass is 472 g/mol. The Bertz CT molecular complexity index is 967. The van der Waals surface area contributed by atoms with E-state index in [1.807, 2.05) is 57.2 Å². The molecule has 3 rings (SSSR count). The van der Waals surface area contributed by atoms with Gasteiger partial charge >= 0.3 is 0 Å². The van der Waals surface area contributed by atoms with Gasteiger partial charge in [0.15, 0.2) is 0 Å². The van der Waals surface area contributed by atoms with Gasteiger partial charge in [0, 0.05) is 0 Å². The van der Waals surface area contributed by atoms with Gasteiger partial charge < -0.3 is 14.2 Å². The molecule has 3 nitrogen and oxygen atoms in total. The molecule has 0 saturated carbocycles. The third kappa shape index (κ3) is 7.64. The number of hydrogen-bond acceptors (Lipinski definition) is 3. The highest BCUT2D eigenvalue weighted by molar-refractivity contribution is 7.79. The van der Waals surface area contributed by atoms with Gasteiger partial charge in [-0.2, -0.15) is 0 Å². The molecule has 176 valence electrons. The molecule has 0 bridgehead atoms. The molecule has 0 spiro atoms. The summed E-state index contributed by atoms with van der Waals surface area (Å²) < 4.78 is 17.4. The van der Waals surface area contributed by atoms with Crippen LogP contribution in [0.4, 0.5) is 0 Å². The van der Waals surface area contributed by atoms with Crippen molar-refractivity contribution >= 4 is 23.8 Å². The van der Waals surface area contributed by atoms with E-state index in [-0.39, 0.29) is 0 Å². The van der Waals surface area contributed by atoms with Crippen LogP contribution in [0.5, 0.6) is 17.2 Å². The Labute approximate surface area is 205 Å². The van der Waals surface area contributed by atoms with Gasteiger partial charge in [-0.25, -0.2) is 0 Å². The van der Waals surface area contributed by atoms with Crippen LogP contribution in [0.25, 0.3) is 0 Å². The first kappa shape index (κ1) is 25.3. The molecule has 0 aliphatic rings. The summed E-state index contributed by atoms with van der Waals surface area (Å²) in [6, 6.07) is 25.1. The van der Waals surface area contributed by atoms with Crippen LogP contribution in [0.15, 0.2) is 109 Å². The van der Waals surface area contributed by atoms with Crippen molar-refractivity contribution in [2.45, 2.75) is 20.8 Å². The highest BCUT2D eigenvalue weighted by atomic mass is 31.1. The summed E-state index contributed by atoms with van der Waals surface area (Å²) in [7, 11) is -0.768. The Kier molecular flexibility index (Phi) is 9.13. The molecule has 0 radical (unpaired) electrons. The van der Waals surface area contributed by atoms with Gasteiger partial charge in [0.2, 0.25) is 0 Å². The maximum atomic E-state index is 5.80. The summed E-state index contributed by atoms with van der Waals surface area (Å²) in [5.41, 5.74) is 2.98. The SMILES string of the molecule is C=C(C)COc1ccc(P(c2ccc(OCC(=C)C)cc2)c2ccc(OCC(=C)C)cc2)cc1. The minimum absolute atomic E-state index is 0.519. The average Bonchev–Trinajstić information content (AvgIpc) is 2.82. The van der Waals surface area contributed by atoms with Crippen LogP contribution >= 0.6 is 7.92 Å². The summed E-state index contributed by atoms with van der Waals surface area (Å²) in [5, 5.41) is 3.72. The first-order chi connectivity index (χ1) is 16.3. The molecule has 0 unspecified atom stereocenters. The molecule has 0 aromatic heterocycles. The van der Waals surface area contributed by atoms with Gasteiger partial charge in [-0.3, -0.25) is 0 Å².